The molecule has 0 spiro atoms. The zero-order valence-corrected chi connectivity index (χ0v) is 13.0. The molecule has 0 radical (unpaired) electrons. The van der Waals surface area contributed by atoms with E-state index in [0.29, 0.717) is 12.6 Å². The minimum Gasteiger partial charge on any atom is -0.394 e. The molecule has 2 unspecified atom stereocenters. The van der Waals surface area contributed by atoms with E-state index in [1.165, 1.54) is 0 Å². The number of ether oxygens (including phenoxy) is 1. The van der Waals surface area contributed by atoms with E-state index in [4.69, 9.17) is 10.5 Å². The van der Waals surface area contributed by atoms with Gasteiger partial charge in [0.15, 0.2) is 0 Å². The van der Waals surface area contributed by atoms with Crippen LogP contribution in [0.15, 0.2) is 30.3 Å². The Bertz CT molecular complexity index is 413. The largest absolute Gasteiger partial charge is 0.394 e. The lowest BCUT2D eigenvalue weighted by Crippen LogP contribution is -2.53. The molecule has 3 N–H and O–H groups in total. The molecule has 0 bridgehead atoms. The molecule has 4 heteroatoms. The Morgan fingerprint density at radius 2 is 2.14 bits per heavy atom. The molecular weight excluding hydrogens is 264 g/mol. The summed E-state index contributed by atoms with van der Waals surface area (Å²) in [6.07, 6.45) is 3.61. The fraction of sp³-hybridized carbons (Fsp3) is 0.647. The number of likely N-dealkylation sites (tertiary alicyclic amines) is 1. The van der Waals surface area contributed by atoms with E-state index in [1.54, 1.807) is 0 Å². The van der Waals surface area contributed by atoms with Crippen molar-refractivity contribution in [2.24, 2.45) is 5.73 Å². The molecule has 2 rings (SSSR count). The molecule has 118 valence electrons. The van der Waals surface area contributed by atoms with E-state index in [9.17, 15) is 5.11 Å². The van der Waals surface area contributed by atoms with Crippen LogP contribution in [0.3, 0.4) is 0 Å². The van der Waals surface area contributed by atoms with Gasteiger partial charge in [0.1, 0.15) is 0 Å². The lowest BCUT2D eigenvalue weighted by atomic mass is 9.90. The molecule has 0 saturated carbocycles. The molecule has 1 saturated heterocycles. The van der Waals surface area contributed by atoms with Gasteiger partial charge in [-0.25, -0.2) is 0 Å². The molecule has 1 aliphatic rings. The first-order chi connectivity index (χ1) is 10.2. The Labute approximate surface area is 127 Å². The summed E-state index contributed by atoms with van der Waals surface area (Å²) in [7, 11) is 0. The van der Waals surface area contributed by atoms with Gasteiger partial charge in [0.25, 0.3) is 0 Å². The minimum atomic E-state index is -0.700. The van der Waals surface area contributed by atoms with Crippen molar-refractivity contribution in [1.82, 2.24) is 4.90 Å². The van der Waals surface area contributed by atoms with E-state index in [1.807, 2.05) is 30.3 Å². The van der Waals surface area contributed by atoms with Crippen molar-refractivity contribution in [2.45, 2.75) is 37.8 Å². The average molecular weight is 292 g/mol. The molecule has 0 aliphatic carbocycles. The van der Waals surface area contributed by atoms with Crippen LogP contribution in [-0.4, -0.2) is 49.0 Å². The second kappa shape index (κ2) is 7.90. The standard InChI is InChI=1S/C17H28N2O2/c1-2-11-21-16-9-6-10-19(12-16)13-17(18,14-20)15-7-4-3-5-8-15/h3-5,7-8,16,20H,2,6,9-14,18H2,1H3. The van der Waals surface area contributed by atoms with Gasteiger partial charge in [-0.15, -0.1) is 0 Å². The Balaban J connectivity index is 1.98. The number of rotatable bonds is 7. The molecule has 1 aliphatic heterocycles. The quantitative estimate of drug-likeness (QED) is 0.803. The molecule has 21 heavy (non-hydrogen) atoms. The van der Waals surface area contributed by atoms with Crippen LogP contribution in [0.1, 0.15) is 31.7 Å². The van der Waals surface area contributed by atoms with Crippen molar-refractivity contribution in [3.63, 3.8) is 0 Å². The van der Waals surface area contributed by atoms with Crippen molar-refractivity contribution >= 4 is 0 Å². The highest BCUT2D eigenvalue weighted by Gasteiger charge is 2.31. The third-order valence-electron chi connectivity index (χ3n) is 4.16. The normalized spacial score (nSPS) is 22.9. The molecule has 4 nitrogen and oxygen atoms in total. The minimum absolute atomic E-state index is 0.0476. The summed E-state index contributed by atoms with van der Waals surface area (Å²) in [5.41, 5.74) is 6.75. The molecule has 2 atom stereocenters. The maximum absolute atomic E-state index is 9.79. The van der Waals surface area contributed by atoms with E-state index >= 15 is 0 Å². The van der Waals surface area contributed by atoms with Crippen LogP contribution in [0.5, 0.6) is 0 Å². The maximum atomic E-state index is 9.79. The smallest absolute Gasteiger partial charge is 0.0772 e. The Hall–Kier alpha value is -0.940. The number of hydrogen-bond donors (Lipinski definition) is 2. The first-order valence-electron chi connectivity index (χ1n) is 7.97. The zero-order valence-electron chi connectivity index (χ0n) is 13.0. The Morgan fingerprint density at radius 1 is 1.38 bits per heavy atom. The molecule has 1 aromatic carbocycles. The third-order valence-corrected chi connectivity index (χ3v) is 4.16. The SMILES string of the molecule is CCCOC1CCCN(CC(N)(CO)c2ccccc2)C1. The van der Waals surface area contributed by atoms with Crippen molar-refractivity contribution in [3.8, 4) is 0 Å². The number of piperidine rings is 1. The van der Waals surface area contributed by atoms with Crippen LogP contribution in [-0.2, 0) is 10.3 Å². The first-order valence-corrected chi connectivity index (χ1v) is 7.97. The van der Waals surface area contributed by atoms with Gasteiger partial charge < -0.3 is 15.6 Å². The molecule has 1 aromatic rings. The van der Waals surface area contributed by atoms with E-state index in [-0.39, 0.29) is 6.61 Å². The Morgan fingerprint density at radius 3 is 2.81 bits per heavy atom. The van der Waals surface area contributed by atoms with Crippen LogP contribution in [0, 0.1) is 0 Å². The number of benzene rings is 1. The first kappa shape index (κ1) is 16.4. The number of hydrogen-bond acceptors (Lipinski definition) is 4. The summed E-state index contributed by atoms with van der Waals surface area (Å²) >= 11 is 0. The van der Waals surface area contributed by atoms with Crippen molar-refractivity contribution in [1.29, 1.82) is 0 Å². The predicted molar refractivity (Wildman–Crippen MR) is 85.1 cm³/mol. The van der Waals surface area contributed by atoms with Crippen LogP contribution < -0.4 is 5.73 Å². The monoisotopic (exact) mass is 292 g/mol. The molecule has 0 amide bonds. The summed E-state index contributed by atoms with van der Waals surface area (Å²) in [6.45, 7) is 5.51. The summed E-state index contributed by atoms with van der Waals surface area (Å²) in [5.74, 6) is 0. The number of aliphatic hydroxyl groups excluding tert-OH is 1. The highest BCUT2D eigenvalue weighted by molar-refractivity contribution is 5.24. The molecule has 1 heterocycles. The van der Waals surface area contributed by atoms with Crippen LogP contribution in [0.2, 0.25) is 0 Å². The predicted octanol–water partition coefficient (Wildman–Crippen LogP) is 1.72. The van der Waals surface area contributed by atoms with E-state index in [0.717, 1.165) is 44.5 Å². The summed E-state index contributed by atoms with van der Waals surface area (Å²) in [5, 5.41) is 9.79. The Kier molecular flexibility index (Phi) is 6.18. The number of aliphatic hydroxyl groups is 1. The number of nitrogens with two attached hydrogens (primary N) is 1. The van der Waals surface area contributed by atoms with Crippen molar-refractivity contribution in [2.75, 3.05) is 32.8 Å². The zero-order chi connectivity index (χ0) is 15.1. The van der Waals surface area contributed by atoms with Gasteiger partial charge in [-0.2, -0.15) is 0 Å². The maximum Gasteiger partial charge on any atom is 0.0772 e. The topological polar surface area (TPSA) is 58.7 Å². The summed E-state index contributed by atoms with van der Waals surface area (Å²) in [6, 6.07) is 9.89. The fourth-order valence-electron chi connectivity index (χ4n) is 2.98. The van der Waals surface area contributed by atoms with Gasteiger partial charge >= 0.3 is 0 Å². The third kappa shape index (κ3) is 4.51. The van der Waals surface area contributed by atoms with Crippen LogP contribution >= 0.6 is 0 Å². The average Bonchev–Trinajstić information content (AvgIpc) is 2.54. The number of nitrogens with zero attached hydrogens (tertiary/aromatic N) is 1. The highest BCUT2D eigenvalue weighted by Crippen LogP contribution is 2.22. The summed E-state index contributed by atoms with van der Waals surface area (Å²) < 4.78 is 5.87. The van der Waals surface area contributed by atoms with Crippen molar-refractivity contribution in [3.05, 3.63) is 35.9 Å². The van der Waals surface area contributed by atoms with E-state index in [2.05, 4.69) is 11.8 Å². The second-order valence-electron chi connectivity index (χ2n) is 6.05. The fourth-order valence-corrected chi connectivity index (χ4v) is 2.98. The molecule has 0 aromatic heterocycles. The highest BCUT2D eigenvalue weighted by atomic mass is 16.5. The lowest BCUT2D eigenvalue weighted by molar-refractivity contribution is -0.00908. The van der Waals surface area contributed by atoms with Crippen LogP contribution in [0.25, 0.3) is 0 Å². The van der Waals surface area contributed by atoms with Crippen LogP contribution in [0.4, 0.5) is 0 Å². The molecule has 1 fully saturated rings. The van der Waals surface area contributed by atoms with Gasteiger partial charge in [-0.05, 0) is 31.4 Å². The molecular formula is C17H28N2O2. The van der Waals surface area contributed by atoms with E-state index < -0.39 is 5.54 Å². The lowest BCUT2D eigenvalue weighted by Gasteiger charge is -2.38. The summed E-state index contributed by atoms with van der Waals surface area (Å²) in [4.78, 5) is 2.33. The van der Waals surface area contributed by atoms with Gasteiger partial charge in [0.05, 0.1) is 18.2 Å². The van der Waals surface area contributed by atoms with Gasteiger partial charge in [0, 0.05) is 19.7 Å². The van der Waals surface area contributed by atoms with Gasteiger partial charge in [-0.3, -0.25) is 4.90 Å². The van der Waals surface area contributed by atoms with Gasteiger partial charge in [0.2, 0.25) is 0 Å². The van der Waals surface area contributed by atoms with Crippen molar-refractivity contribution < 1.29 is 9.84 Å². The second-order valence-corrected chi connectivity index (χ2v) is 6.05. The van der Waals surface area contributed by atoms with Gasteiger partial charge in [-0.1, -0.05) is 37.3 Å².